The Bertz CT molecular complexity index is 175. The monoisotopic (exact) mass is 132 g/mol. The minimum Gasteiger partial charge on any atom is -0.230 e. The van der Waals surface area contributed by atoms with Gasteiger partial charge in [0, 0.05) is 0 Å². The molecule has 0 aromatic rings. The lowest BCUT2D eigenvalue weighted by Crippen LogP contribution is -2.17. The first-order chi connectivity index (χ1) is 3.50. The second-order valence-electron chi connectivity index (χ2n) is 1.96. The van der Waals surface area contributed by atoms with Crippen molar-refractivity contribution in [2.24, 2.45) is 0 Å². The standard InChI is InChI=1S/C5H8O2S/c1-4-5(2,3)8(6)7/h1,8H,2-3H3. The van der Waals surface area contributed by atoms with Gasteiger partial charge >= 0.3 is 0 Å². The van der Waals surface area contributed by atoms with Crippen LogP contribution in [0.15, 0.2) is 0 Å². The highest BCUT2D eigenvalue weighted by Gasteiger charge is 2.15. The van der Waals surface area contributed by atoms with Gasteiger partial charge in [-0.1, -0.05) is 5.92 Å². The third kappa shape index (κ3) is 1.55. The van der Waals surface area contributed by atoms with E-state index >= 15 is 0 Å². The van der Waals surface area contributed by atoms with Gasteiger partial charge in [-0.3, -0.25) is 0 Å². The molecule has 3 heteroatoms. The molecule has 0 aliphatic rings. The zero-order chi connectivity index (χ0) is 6.78. The average molecular weight is 132 g/mol. The van der Waals surface area contributed by atoms with E-state index in [0.717, 1.165) is 0 Å². The molecule has 0 saturated heterocycles. The third-order valence-corrected chi connectivity index (χ3v) is 1.85. The Morgan fingerprint density at radius 1 is 1.50 bits per heavy atom. The van der Waals surface area contributed by atoms with Crippen molar-refractivity contribution in [2.45, 2.75) is 18.6 Å². The smallest absolute Gasteiger partial charge is 0.156 e. The van der Waals surface area contributed by atoms with Crippen molar-refractivity contribution >= 4 is 10.7 Å². The predicted octanol–water partition coefficient (Wildman–Crippen LogP) is 0.00960. The molecule has 0 aromatic carbocycles. The van der Waals surface area contributed by atoms with Crippen LogP contribution in [0, 0.1) is 12.3 Å². The van der Waals surface area contributed by atoms with Crippen LogP contribution in [0.4, 0.5) is 0 Å². The fraction of sp³-hybridized carbons (Fsp3) is 0.600. The van der Waals surface area contributed by atoms with Crippen molar-refractivity contribution in [1.82, 2.24) is 0 Å². The van der Waals surface area contributed by atoms with Gasteiger partial charge < -0.3 is 0 Å². The van der Waals surface area contributed by atoms with E-state index in [0.29, 0.717) is 0 Å². The Balaban J connectivity index is 4.45. The normalized spacial score (nSPS) is 11.2. The Morgan fingerprint density at radius 3 is 1.88 bits per heavy atom. The predicted molar refractivity (Wildman–Crippen MR) is 33.2 cm³/mol. The van der Waals surface area contributed by atoms with E-state index in [1.165, 1.54) is 13.8 Å². The Hall–Kier alpha value is -0.490. The minimum atomic E-state index is -2.48. The van der Waals surface area contributed by atoms with Crippen molar-refractivity contribution < 1.29 is 8.42 Å². The van der Waals surface area contributed by atoms with Crippen LogP contribution in [0.25, 0.3) is 0 Å². The molecular formula is C5H8O2S. The van der Waals surface area contributed by atoms with E-state index in [9.17, 15) is 8.42 Å². The molecule has 0 aliphatic carbocycles. The fourth-order valence-corrected chi connectivity index (χ4v) is 0.158. The van der Waals surface area contributed by atoms with Crippen LogP contribution < -0.4 is 0 Å². The molecule has 0 bridgehead atoms. The molecule has 0 aliphatic heterocycles. The van der Waals surface area contributed by atoms with E-state index in [1.54, 1.807) is 0 Å². The SMILES string of the molecule is C#CC(C)(C)[SH](=O)=O. The average Bonchev–Trinajstić information content (AvgIpc) is 1.67. The van der Waals surface area contributed by atoms with Crippen LogP contribution in [-0.4, -0.2) is 13.2 Å². The summed E-state index contributed by atoms with van der Waals surface area (Å²) in [6.07, 6.45) is 4.87. The lowest BCUT2D eigenvalue weighted by molar-refractivity contribution is 0.596. The number of thiol groups is 1. The summed E-state index contributed by atoms with van der Waals surface area (Å²) >= 11 is 0. The summed E-state index contributed by atoms with van der Waals surface area (Å²) in [5.41, 5.74) is 0. The molecule has 0 radical (unpaired) electrons. The maximum atomic E-state index is 10.1. The quantitative estimate of drug-likeness (QED) is 0.403. The maximum absolute atomic E-state index is 10.1. The summed E-state index contributed by atoms with van der Waals surface area (Å²) in [5, 5.41) is 0. The summed E-state index contributed by atoms with van der Waals surface area (Å²) in [5.74, 6) is 2.14. The Morgan fingerprint density at radius 2 is 1.88 bits per heavy atom. The van der Waals surface area contributed by atoms with Crippen LogP contribution in [0.5, 0.6) is 0 Å². The number of terminal acetylenes is 1. The van der Waals surface area contributed by atoms with Gasteiger partial charge in [-0.15, -0.1) is 6.42 Å². The van der Waals surface area contributed by atoms with Crippen molar-refractivity contribution in [1.29, 1.82) is 0 Å². The largest absolute Gasteiger partial charge is 0.230 e. The van der Waals surface area contributed by atoms with Crippen LogP contribution in [-0.2, 0) is 10.7 Å². The van der Waals surface area contributed by atoms with Gasteiger partial charge in [0.25, 0.3) is 0 Å². The summed E-state index contributed by atoms with van der Waals surface area (Å²) in [7, 11) is -2.48. The minimum absolute atomic E-state index is 0.977. The van der Waals surface area contributed by atoms with Crippen LogP contribution in [0.3, 0.4) is 0 Å². The second-order valence-corrected chi connectivity index (χ2v) is 3.59. The molecule has 0 unspecified atom stereocenters. The molecule has 0 spiro atoms. The molecule has 46 valence electrons. The summed E-state index contributed by atoms with van der Waals surface area (Å²) in [6.45, 7) is 2.97. The molecule has 2 nitrogen and oxygen atoms in total. The molecule has 0 aromatic heterocycles. The van der Waals surface area contributed by atoms with E-state index in [2.05, 4.69) is 5.92 Å². The van der Waals surface area contributed by atoms with Crippen molar-refractivity contribution in [3.8, 4) is 12.3 Å². The second kappa shape index (κ2) is 2.19. The van der Waals surface area contributed by atoms with Crippen molar-refractivity contribution in [3.63, 3.8) is 0 Å². The molecular weight excluding hydrogens is 124 g/mol. The number of rotatable bonds is 1. The molecule has 8 heavy (non-hydrogen) atoms. The summed E-state index contributed by atoms with van der Waals surface area (Å²) in [6, 6.07) is 0. The first-order valence-electron chi connectivity index (χ1n) is 2.13. The van der Waals surface area contributed by atoms with Crippen LogP contribution in [0.2, 0.25) is 0 Å². The molecule has 0 heterocycles. The van der Waals surface area contributed by atoms with Crippen molar-refractivity contribution in [2.75, 3.05) is 0 Å². The van der Waals surface area contributed by atoms with Gasteiger partial charge in [0.05, 0.1) is 0 Å². The zero-order valence-electron chi connectivity index (χ0n) is 4.84. The highest BCUT2D eigenvalue weighted by atomic mass is 32.2. The highest BCUT2D eigenvalue weighted by molar-refractivity contribution is 7.74. The third-order valence-electron chi connectivity index (χ3n) is 0.810. The van der Waals surface area contributed by atoms with Gasteiger partial charge in [0.2, 0.25) is 0 Å². The molecule has 0 N–H and O–H groups in total. The van der Waals surface area contributed by atoms with E-state index in [4.69, 9.17) is 6.42 Å². The molecule has 0 amide bonds. The fourth-order valence-electron chi connectivity index (χ4n) is 0.0527. The summed E-state index contributed by atoms with van der Waals surface area (Å²) < 4.78 is 19.3. The summed E-state index contributed by atoms with van der Waals surface area (Å²) in [4.78, 5) is 0. The topological polar surface area (TPSA) is 34.1 Å². The lowest BCUT2D eigenvalue weighted by atomic mass is 10.2. The molecule has 0 fully saturated rings. The van der Waals surface area contributed by atoms with E-state index in [-0.39, 0.29) is 0 Å². The zero-order valence-corrected chi connectivity index (χ0v) is 5.74. The first kappa shape index (κ1) is 7.51. The Labute approximate surface area is 50.9 Å². The first-order valence-corrected chi connectivity index (χ1v) is 3.30. The molecule has 0 atom stereocenters. The maximum Gasteiger partial charge on any atom is 0.156 e. The highest BCUT2D eigenvalue weighted by Crippen LogP contribution is 2.03. The van der Waals surface area contributed by atoms with Crippen molar-refractivity contribution in [3.05, 3.63) is 0 Å². The van der Waals surface area contributed by atoms with Gasteiger partial charge in [0.1, 0.15) is 4.75 Å². The van der Waals surface area contributed by atoms with Crippen LogP contribution in [0.1, 0.15) is 13.8 Å². The van der Waals surface area contributed by atoms with E-state index in [1.807, 2.05) is 0 Å². The number of hydrogen-bond acceptors (Lipinski definition) is 2. The van der Waals surface area contributed by atoms with Gasteiger partial charge in [-0.2, -0.15) is 0 Å². The van der Waals surface area contributed by atoms with Gasteiger partial charge in [0.15, 0.2) is 10.7 Å². The molecule has 0 rings (SSSR count). The van der Waals surface area contributed by atoms with E-state index < -0.39 is 15.5 Å². The molecule has 0 saturated carbocycles. The lowest BCUT2D eigenvalue weighted by Gasteiger charge is -2.04. The van der Waals surface area contributed by atoms with Gasteiger partial charge in [-0.25, -0.2) is 8.42 Å². The number of hydrogen-bond donors (Lipinski definition) is 1. The van der Waals surface area contributed by atoms with Gasteiger partial charge in [-0.05, 0) is 13.8 Å². The Kier molecular flexibility index (Phi) is 2.05. The van der Waals surface area contributed by atoms with Crippen LogP contribution >= 0.6 is 0 Å².